The molecule has 0 aromatic carbocycles. The van der Waals surface area contributed by atoms with Crippen LogP contribution in [0.1, 0.15) is 5.69 Å². The monoisotopic (exact) mass is 263 g/mol. The van der Waals surface area contributed by atoms with Crippen LogP contribution in [0.4, 0.5) is 0 Å². The highest BCUT2D eigenvalue weighted by molar-refractivity contribution is 7.89. The Kier molecular flexibility index (Phi) is 5.56. The summed E-state index contributed by atoms with van der Waals surface area (Å²) in [6.07, 6.45) is 1.28. The molecule has 0 saturated heterocycles. The first-order chi connectivity index (χ1) is 8.08. The molecule has 0 saturated carbocycles. The van der Waals surface area contributed by atoms with Gasteiger partial charge in [0.1, 0.15) is 4.90 Å². The maximum Gasteiger partial charge on any atom is 0.244 e. The van der Waals surface area contributed by atoms with Crippen LogP contribution in [0.2, 0.25) is 0 Å². The molecule has 0 aliphatic carbocycles. The van der Waals surface area contributed by atoms with Gasteiger partial charge in [0, 0.05) is 13.7 Å². The van der Waals surface area contributed by atoms with Gasteiger partial charge >= 0.3 is 0 Å². The van der Waals surface area contributed by atoms with Gasteiger partial charge in [0.25, 0.3) is 0 Å². The molecular formula is C9H17N3O4S. The number of aryl methyl sites for hydroxylation is 1. The molecule has 0 aliphatic rings. The van der Waals surface area contributed by atoms with E-state index in [4.69, 9.17) is 9.47 Å². The topological polar surface area (TPSA) is 93.3 Å². The highest BCUT2D eigenvalue weighted by Crippen LogP contribution is 2.09. The lowest BCUT2D eigenvalue weighted by molar-refractivity contribution is 0.0736. The second kappa shape index (κ2) is 6.70. The molecule has 1 rings (SSSR count). The summed E-state index contributed by atoms with van der Waals surface area (Å²) < 4.78 is 35.9. The fraction of sp³-hybridized carbons (Fsp3) is 0.667. The normalized spacial score (nSPS) is 11.9. The van der Waals surface area contributed by atoms with Gasteiger partial charge in [0.15, 0.2) is 0 Å². The summed E-state index contributed by atoms with van der Waals surface area (Å²) in [6, 6.07) is 0. The molecule has 0 bridgehead atoms. The first-order valence-electron chi connectivity index (χ1n) is 5.14. The number of H-pyrrole nitrogens is 1. The Labute approximate surface area is 101 Å². The van der Waals surface area contributed by atoms with E-state index in [1.54, 1.807) is 14.0 Å². The van der Waals surface area contributed by atoms with Crippen LogP contribution in [0, 0.1) is 6.92 Å². The third kappa shape index (κ3) is 4.43. The van der Waals surface area contributed by atoms with Crippen molar-refractivity contribution in [2.24, 2.45) is 0 Å². The molecule has 8 heteroatoms. The van der Waals surface area contributed by atoms with Crippen molar-refractivity contribution in [2.75, 3.05) is 33.5 Å². The Morgan fingerprint density at radius 3 is 2.76 bits per heavy atom. The van der Waals surface area contributed by atoms with Crippen LogP contribution in [0.3, 0.4) is 0 Å². The summed E-state index contributed by atoms with van der Waals surface area (Å²) in [7, 11) is -1.92. The fourth-order valence-electron chi connectivity index (χ4n) is 1.18. The minimum Gasteiger partial charge on any atom is -0.382 e. The molecule has 0 unspecified atom stereocenters. The van der Waals surface area contributed by atoms with Crippen LogP contribution in [0.5, 0.6) is 0 Å². The van der Waals surface area contributed by atoms with E-state index in [1.165, 1.54) is 6.20 Å². The third-order valence-electron chi connectivity index (χ3n) is 2.04. The van der Waals surface area contributed by atoms with Crippen LogP contribution >= 0.6 is 0 Å². The van der Waals surface area contributed by atoms with Crippen molar-refractivity contribution in [3.63, 3.8) is 0 Å². The number of hydrogen-bond donors (Lipinski definition) is 2. The number of rotatable bonds is 8. The lowest BCUT2D eigenvalue weighted by atomic mass is 10.5. The third-order valence-corrected chi connectivity index (χ3v) is 3.62. The van der Waals surface area contributed by atoms with Crippen molar-refractivity contribution in [3.8, 4) is 0 Å². The summed E-state index contributed by atoms with van der Waals surface area (Å²) in [5.41, 5.74) is 0.512. The number of hydrogen-bond acceptors (Lipinski definition) is 5. The van der Waals surface area contributed by atoms with Gasteiger partial charge in [-0.1, -0.05) is 0 Å². The van der Waals surface area contributed by atoms with Gasteiger partial charge in [-0.3, -0.25) is 5.10 Å². The quantitative estimate of drug-likeness (QED) is 0.626. The van der Waals surface area contributed by atoms with Gasteiger partial charge in [-0.25, -0.2) is 13.1 Å². The van der Waals surface area contributed by atoms with E-state index in [2.05, 4.69) is 14.9 Å². The molecule has 0 spiro atoms. The predicted octanol–water partition coefficient (Wildman–Crippen LogP) is -0.341. The second-order valence-corrected chi connectivity index (χ2v) is 5.10. The number of nitrogens with one attached hydrogen (secondary N) is 2. The first kappa shape index (κ1) is 14.1. The molecule has 2 N–H and O–H groups in total. The number of methoxy groups -OCH3 is 1. The van der Waals surface area contributed by atoms with Crippen molar-refractivity contribution in [1.82, 2.24) is 14.9 Å². The van der Waals surface area contributed by atoms with Crippen LogP contribution in [-0.2, 0) is 19.5 Å². The number of aromatic nitrogens is 2. The molecule has 17 heavy (non-hydrogen) atoms. The van der Waals surface area contributed by atoms with Crippen molar-refractivity contribution in [3.05, 3.63) is 11.9 Å². The van der Waals surface area contributed by atoms with Crippen molar-refractivity contribution < 1.29 is 17.9 Å². The maximum absolute atomic E-state index is 11.8. The van der Waals surface area contributed by atoms with E-state index in [0.29, 0.717) is 25.5 Å². The largest absolute Gasteiger partial charge is 0.382 e. The van der Waals surface area contributed by atoms with Crippen molar-refractivity contribution >= 4 is 10.0 Å². The molecule has 1 aromatic heterocycles. The zero-order chi connectivity index (χ0) is 12.7. The average molecular weight is 263 g/mol. The van der Waals surface area contributed by atoms with E-state index >= 15 is 0 Å². The van der Waals surface area contributed by atoms with E-state index in [9.17, 15) is 8.42 Å². The lowest BCUT2D eigenvalue weighted by Crippen LogP contribution is -2.28. The Balaban J connectivity index is 2.34. The standard InChI is InChI=1S/C9H17N3O4S/c1-8-9(7-10-12-8)17(13,14)11-3-4-16-6-5-15-2/h7,11H,3-6H2,1-2H3,(H,10,12). The molecule has 0 fully saturated rings. The van der Waals surface area contributed by atoms with E-state index < -0.39 is 10.0 Å². The van der Waals surface area contributed by atoms with Gasteiger partial charge in [-0.15, -0.1) is 0 Å². The number of ether oxygens (including phenoxy) is 2. The number of aromatic amines is 1. The minimum atomic E-state index is -3.50. The highest BCUT2D eigenvalue weighted by atomic mass is 32.2. The van der Waals surface area contributed by atoms with Crippen LogP contribution in [0.25, 0.3) is 0 Å². The molecule has 1 aromatic rings. The fourth-order valence-corrected chi connectivity index (χ4v) is 2.33. The van der Waals surface area contributed by atoms with E-state index in [1.807, 2.05) is 0 Å². The van der Waals surface area contributed by atoms with Crippen LogP contribution < -0.4 is 4.72 Å². The van der Waals surface area contributed by atoms with Gasteiger partial charge in [0.2, 0.25) is 10.0 Å². The summed E-state index contributed by atoms with van der Waals surface area (Å²) in [6.45, 7) is 3.11. The van der Waals surface area contributed by atoms with E-state index in [-0.39, 0.29) is 11.4 Å². The summed E-state index contributed by atoms with van der Waals surface area (Å²) in [4.78, 5) is 0.161. The molecule has 0 amide bonds. The molecule has 7 nitrogen and oxygen atoms in total. The maximum atomic E-state index is 11.8. The van der Waals surface area contributed by atoms with Gasteiger partial charge in [0.05, 0.1) is 31.7 Å². The first-order valence-corrected chi connectivity index (χ1v) is 6.62. The summed E-state index contributed by atoms with van der Waals surface area (Å²) in [5, 5.41) is 6.24. The SMILES string of the molecule is COCCOCCNS(=O)(=O)c1cn[nH]c1C. The lowest BCUT2D eigenvalue weighted by Gasteiger charge is -2.06. The number of nitrogens with zero attached hydrogens (tertiary/aromatic N) is 1. The molecule has 1 heterocycles. The zero-order valence-corrected chi connectivity index (χ0v) is 10.7. The van der Waals surface area contributed by atoms with Gasteiger partial charge in [-0.2, -0.15) is 5.10 Å². The Bertz CT molecular complexity index is 429. The Hall–Kier alpha value is -0.960. The molecular weight excluding hydrogens is 246 g/mol. The van der Waals surface area contributed by atoms with Crippen LogP contribution in [-0.4, -0.2) is 52.1 Å². The van der Waals surface area contributed by atoms with Gasteiger partial charge < -0.3 is 9.47 Å². The van der Waals surface area contributed by atoms with Crippen LogP contribution in [0.15, 0.2) is 11.1 Å². The predicted molar refractivity (Wildman–Crippen MR) is 61.2 cm³/mol. The smallest absolute Gasteiger partial charge is 0.244 e. The average Bonchev–Trinajstić information content (AvgIpc) is 2.70. The molecule has 0 atom stereocenters. The van der Waals surface area contributed by atoms with E-state index in [0.717, 1.165) is 0 Å². The molecule has 0 aliphatic heterocycles. The molecule has 98 valence electrons. The summed E-state index contributed by atoms with van der Waals surface area (Å²) >= 11 is 0. The Morgan fingerprint density at radius 2 is 2.18 bits per heavy atom. The molecule has 0 radical (unpaired) electrons. The zero-order valence-electron chi connectivity index (χ0n) is 9.89. The number of sulfonamides is 1. The van der Waals surface area contributed by atoms with Gasteiger partial charge in [-0.05, 0) is 6.92 Å². The minimum absolute atomic E-state index is 0.161. The summed E-state index contributed by atoms with van der Waals surface area (Å²) in [5.74, 6) is 0. The second-order valence-electron chi connectivity index (χ2n) is 3.36. The highest BCUT2D eigenvalue weighted by Gasteiger charge is 2.17. The Morgan fingerprint density at radius 1 is 1.41 bits per heavy atom. The van der Waals surface area contributed by atoms with Crippen molar-refractivity contribution in [1.29, 1.82) is 0 Å². The van der Waals surface area contributed by atoms with Crippen molar-refractivity contribution in [2.45, 2.75) is 11.8 Å².